The molecule has 0 saturated heterocycles. The van der Waals surface area contributed by atoms with Crippen molar-refractivity contribution in [3.8, 4) is 0 Å². The van der Waals surface area contributed by atoms with Crippen LogP contribution in [0.1, 0.15) is 17.3 Å². The maximum atomic E-state index is 10.6. The first-order valence-electron chi connectivity index (χ1n) is 4.64. The molecule has 1 N–H and O–H groups in total. The van der Waals surface area contributed by atoms with Crippen molar-refractivity contribution in [3.63, 3.8) is 0 Å². The molecule has 0 radical (unpaired) electrons. The molecule has 1 aromatic carbocycles. The molecule has 0 aromatic heterocycles. The standard InChI is InChI=1S/C11H15NO2/c1-4-12(2,3)10-7-5-9(6-8-10)11(13)14/h5-8H,4H2,1-3H3/p+1. The Morgan fingerprint density at radius 2 is 1.79 bits per heavy atom. The SMILES string of the molecule is CC[N+](C)(C)c1ccc(C(=O)O)cc1. The van der Waals surface area contributed by atoms with Gasteiger partial charge in [0.1, 0.15) is 5.69 Å². The van der Waals surface area contributed by atoms with E-state index in [1.807, 2.05) is 12.1 Å². The summed E-state index contributed by atoms with van der Waals surface area (Å²) in [5, 5.41) is 8.73. The number of carbonyl (C=O) groups is 1. The van der Waals surface area contributed by atoms with E-state index in [9.17, 15) is 4.79 Å². The van der Waals surface area contributed by atoms with Crippen molar-refractivity contribution in [3.05, 3.63) is 29.8 Å². The Morgan fingerprint density at radius 1 is 1.29 bits per heavy atom. The van der Waals surface area contributed by atoms with Gasteiger partial charge in [-0.05, 0) is 31.2 Å². The van der Waals surface area contributed by atoms with Crippen LogP contribution in [0, 0.1) is 0 Å². The zero-order valence-electron chi connectivity index (χ0n) is 8.82. The van der Waals surface area contributed by atoms with Gasteiger partial charge in [0.15, 0.2) is 0 Å². The van der Waals surface area contributed by atoms with Gasteiger partial charge in [0.25, 0.3) is 0 Å². The number of carboxylic acids is 1. The number of benzene rings is 1. The quantitative estimate of drug-likeness (QED) is 0.747. The van der Waals surface area contributed by atoms with Crippen molar-refractivity contribution < 1.29 is 9.90 Å². The van der Waals surface area contributed by atoms with E-state index in [0.29, 0.717) is 5.56 Å². The minimum atomic E-state index is -0.877. The average Bonchev–Trinajstić information content (AvgIpc) is 2.18. The van der Waals surface area contributed by atoms with E-state index in [0.717, 1.165) is 16.7 Å². The number of hydrogen-bond acceptors (Lipinski definition) is 1. The predicted octanol–water partition coefficient (Wildman–Crippen LogP) is 1.97. The first-order chi connectivity index (χ1) is 6.47. The molecule has 3 nitrogen and oxygen atoms in total. The van der Waals surface area contributed by atoms with Crippen LogP contribution >= 0.6 is 0 Å². The second-order valence-corrected chi connectivity index (χ2v) is 3.85. The van der Waals surface area contributed by atoms with Gasteiger partial charge in [-0.1, -0.05) is 0 Å². The molecule has 0 unspecified atom stereocenters. The third kappa shape index (κ3) is 2.12. The highest BCUT2D eigenvalue weighted by atomic mass is 16.4. The molecule has 0 atom stereocenters. The summed E-state index contributed by atoms with van der Waals surface area (Å²) < 4.78 is 0.764. The van der Waals surface area contributed by atoms with Crippen LogP contribution in [-0.2, 0) is 0 Å². The van der Waals surface area contributed by atoms with Gasteiger partial charge in [0.05, 0.1) is 26.2 Å². The molecule has 0 aliphatic heterocycles. The minimum Gasteiger partial charge on any atom is -0.478 e. The summed E-state index contributed by atoms with van der Waals surface area (Å²) >= 11 is 0. The van der Waals surface area contributed by atoms with Crippen LogP contribution in [0.25, 0.3) is 0 Å². The lowest BCUT2D eigenvalue weighted by molar-refractivity contribution is 0.0697. The van der Waals surface area contributed by atoms with Gasteiger partial charge in [0.2, 0.25) is 0 Å². The van der Waals surface area contributed by atoms with Crippen molar-refractivity contribution in [1.82, 2.24) is 4.48 Å². The zero-order chi connectivity index (χ0) is 10.8. The first-order valence-corrected chi connectivity index (χ1v) is 4.64. The second kappa shape index (κ2) is 3.80. The molecule has 1 rings (SSSR count). The van der Waals surface area contributed by atoms with Gasteiger partial charge in [0, 0.05) is 0 Å². The molecular weight excluding hydrogens is 178 g/mol. The van der Waals surface area contributed by atoms with Crippen LogP contribution in [0.2, 0.25) is 0 Å². The number of aromatic carboxylic acids is 1. The maximum Gasteiger partial charge on any atom is 0.335 e. The summed E-state index contributed by atoms with van der Waals surface area (Å²) in [5.41, 5.74) is 1.46. The molecule has 0 aliphatic carbocycles. The molecule has 14 heavy (non-hydrogen) atoms. The molecule has 0 bridgehead atoms. The number of quaternary nitrogens is 1. The number of hydrogen-bond donors (Lipinski definition) is 1. The summed E-state index contributed by atoms with van der Waals surface area (Å²) in [6.07, 6.45) is 0. The Kier molecular flexibility index (Phi) is 2.91. The molecule has 0 saturated carbocycles. The lowest BCUT2D eigenvalue weighted by Gasteiger charge is -2.27. The topological polar surface area (TPSA) is 37.3 Å². The number of carboxylic acid groups (broad SMARTS) is 1. The number of rotatable bonds is 3. The van der Waals surface area contributed by atoms with E-state index in [2.05, 4.69) is 21.0 Å². The molecule has 0 aliphatic rings. The van der Waals surface area contributed by atoms with Crippen LogP contribution in [0.5, 0.6) is 0 Å². The Labute approximate surface area is 84.2 Å². The first kappa shape index (κ1) is 10.7. The molecule has 3 heteroatoms. The van der Waals surface area contributed by atoms with E-state index in [1.165, 1.54) is 0 Å². The third-order valence-corrected chi connectivity index (χ3v) is 2.60. The van der Waals surface area contributed by atoms with Crippen LogP contribution in [-0.4, -0.2) is 31.7 Å². The largest absolute Gasteiger partial charge is 0.478 e. The molecular formula is C11H16NO2+. The molecule has 76 valence electrons. The zero-order valence-corrected chi connectivity index (χ0v) is 8.82. The van der Waals surface area contributed by atoms with E-state index in [4.69, 9.17) is 5.11 Å². The van der Waals surface area contributed by atoms with Gasteiger partial charge in [-0.3, -0.25) is 4.48 Å². The lowest BCUT2D eigenvalue weighted by atomic mass is 10.2. The summed E-state index contributed by atoms with van der Waals surface area (Å²) in [5.74, 6) is -0.877. The smallest absolute Gasteiger partial charge is 0.335 e. The monoisotopic (exact) mass is 194 g/mol. The normalized spacial score (nSPS) is 11.4. The summed E-state index contributed by atoms with van der Waals surface area (Å²) in [6.45, 7) is 3.08. The average molecular weight is 194 g/mol. The van der Waals surface area contributed by atoms with Crippen LogP contribution < -0.4 is 4.48 Å². The fourth-order valence-electron chi connectivity index (χ4n) is 1.19. The van der Waals surface area contributed by atoms with Crippen molar-refractivity contribution in [2.75, 3.05) is 20.6 Å². The van der Waals surface area contributed by atoms with E-state index in [-0.39, 0.29) is 0 Å². The van der Waals surface area contributed by atoms with Crippen LogP contribution in [0.15, 0.2) is 24.3 Å². The van der Waals surface area contributed by atoms with Crippen molar-refractivity contribution in [2.24, 2.45) is 0 Å². The minimum absolute atomic E-state index is 0.338. The van der Waals surface area contributed by atoms with Gasteiger partial charge >= 0.3 is 5.97 Å². The third-order valence-electron chi connectivity index (χ3n) is 2.60. The molecule has 0 fully saturated rings. The highest BCUT2D eigenvalue weighted by Gasteiger charge is 2.16. The van der Waals surface area contributed by atoms with Crippen molar-refractivity contribution in [1.29, 1.82) is 0 Å². The maximum absolute atomic E-state index is 10.6. The van der Waals surface area contributed by atoms with Gasteiger partial charge in [-0.25, -0.2) is 4.79 Å². The predicted molar refractivity (Wildman–Crippen MR) is 57.6 cm³/mol. The molecule has 1 aromatic rings. The van der Waals surface area contributed by atoms with E-state index in [1.54, 1.807) is 12.1 Å². The Balaban J connectivity index is 2.99. The van der Waals surface area contributed by atoms with Gasteiger partial charge < -0.3 is 5.11 Å². The highest BCUT2D eigenvalue weighted by Crippen LogP contribution is 2.18. The summed E-state index contributed by atoms with van der Waals surface area (Å²) in [7, 11) is 4.19. The fourth-order valence-corrected chi connectivity index (χ4v) is 1.19. The summed E-state index contributed by atoms with van der Waals surface area (Å²) in [4.78, 5) is 10.6. The Bertz CT molecular complexity index is 328. The van der Waals surface area contributed by atoms with Gasteiger partial charge in [-0.15, -0.1) is 0 Å². The van der Waals surface area contributed by atoms with Crippen molar-refractivity contribution in [2.45, 2.75) is 6.92 Å². The fraction of sp³-hybridized carbons (Fsp3) is 0.364. The second-order valence-electron chi connectivity index (χ2n) is 3.85. The molecule has 0 heterocycles. The highest BCUT2D eigenvalue weighted by molar-refractivity contribution is 5.87. The van der Waals surface area contributed by atoms with E-state index >= 15 is 0 Å². The molecule has 0 spiro atoms. The van der Waals surface area contributed by atoms with Crippen LogP contribution in [0.3, 0.4) is 0 Å². The lowest BCUT2D eigenvalue weighted by Crippen LogP contribution is -2.39. The van der Waals surface area contributed by atoms with E-state index < -0.39 is 5.97 Å². The van der Waals surface area contributed by atoms with Crippen LogP contribution in [0.4, 0.5) is 5.69 Å². The van der Waals surface area contributed by atoms with Crippen molar-refractivity contribution >= 4 is 11.7 Å². The Hall–Kier alpha value is -1.35. The number of nitrogens with zero attached hydrogens (tertiary/aromatic N) is 1. The summed E-state index contributed by atoms with van der Waals surface area (Å²) in [6, 6.07) is 7.03. The molecule has 0 amide bonds. The van der Waals surface area contributed by atoms with Gasteiger partial charge in [-0.2, -0.15) is 0 Å². The Morgan fingerprint density at radius 3 is 2.14 bits per heavy atom.